The van der Waals surface area contributed by atoms with Gasteiger partial charge in [-0.1, -0.05) is 12.1 Å². The van der Waals surface area contributed by atoms with Crippen LogP contribution in [0.3, 0.4) is 0 Å². The summed E-state index contributed by atoms with van der Waals surface area (Å²) >= 11 is 0. The molecule has 1 aliphatic heterocycles. The molecule has 32 heavy (non-hydrogen) atoms. The predicted octanol–water partition coefficient (Wildman–Crippen LogP) is 4.45. The number of carbonyl (C=O) groups excluding carboxylic acids is 1. The van der Waals surface area contributed by atoms with Crippen LogP contribution in [-0.2, 0) is 4.74 Å². The standard InChI is InChI=1S/C24H32F2N4O2/c1-24(2,3)32-23(31)28-20-13-19(26)14-29(15-20)21-11-17(16-5-7-18(25)8-6-16)12-22(21)30-10-4-9-27-30/h4-10,17,19-22H,11-15H2,1-3H3,(H,28,31)/t17?,19-,20-,21?,22?/m1/s1. The molecule has 3 unspecified atom stereocenters. The third-order valence-corrected chi connectivity index (χ3v) is 6.32. The lowest BCUT2D eigenvalue weighted by atomic mass is 9.96. The number of amides is 1. The van der Waals surface area contributed by atoms with Gasteiger partial charge in [-0.25, -0.2) is 13.6 Å². The summed E-state index contributed by atoms with van der Waals surface area (Å²) in [6.45, 7) is 6.30. The molecule has 1 saturated heterocycles. The summed E-state index contributed by atoms with van der Waals surface area (Å²) in [7, 11) is 0. The number of hydrogen-bond acceptors (Lipinski definition) is 4. The van der Waals surface area contributed by atoms with E-state index in [0.29, 0.717) is 13.1 Å². The van der Waals surface area contributed by atoms with Crippen molar-refractivity contribution in [3.8, 4) is 0 Å². The van der Waals surface area contributed by atoms with Crippen molar-refractivity contribution in [1.82, 2.24) is 20.0 Å². The fourth-order valence-electron chi connectivity index (χ4n) is 5.07. The lowest BCUT2D eigenvalue weighted by Gasteiger charge is -2.40. The Hall–Kier alpha value is -2.48. The Morgan fingerprint density at radius 1 is 1.12 bits per heavy atom. The van der Waals surface area contributed by atoms with E-state index in [1.807, 2.05) is 29.1 Å². The molecule has 2 aliphatic rings. The Bertz CT molecular complexity index is 898. The largest absolute Gasteiger partial charge is 0.444 e. The Morgan fingerprint density at radius 3 is 2.50 bits per heavy atom. The number of halogens is 2. The van der Waals surface area contributed by atoms with E-state index in [4.69, 9.17) is 4.74 Å². The second kappa shape index (κ2) is 9.17. The van der Waals surface area contributed by atoms with Crippen molar-refractivity contribution in [2.45, 2.75) is 75.8 Å². The number of alkyl halides is 1. The summed E-state index contributed by atoms with van der Waals surface area (Å²) < 4.78 is 35.5. The fourth-order valence-corrected chi connectivity index (χ4v) is 5.07. The number of rotatable bonds is 4. The number of nitrogens with one attached hydrogen (secondary N) is 1. The Kier molecular flexibility index (Phi) is 6.51. The van der Waals surface area contributed by atoms with E-state index in [9.17, 15) is 13.6 Å². The van der Waals surface area contributed by atoms with Gasteiger partial charge >= 0.3 is 6.09 Å². The van der Waals surface area contributed by atoms with E-state index in [1.54, 1.807) is 27.0 Å². The molecule has 1 N–H and O–H groups in total. The maximum Gasteiger partial charge on any atom is 0.407 e. The summed E-state index contributed by atoms with van der Waals surface area (Å²) in [5, 5.41) is 7.31. The van der Waals surface area contributed by atoms with E-state index < -0.39 is 17.9 Å². The highest BCUT2D eigenvalue weighted by atomic mass is 19.1. The number of piperidine rings is 1. The minimum absolute atomic E-state index is 0.0615. The van der Waals surface area contributed by atoms with Crippen molar-refractivity contribution >= 4 is 6.09 Å². The molecule has 1 aromatic carbocycles. The smallest absolute Gasteiger partial charge is 0.407 e. The van der Waals surface area contributed by atoms with Gasteiger partial charge in [0.1, 0.15) is 17.6 Å². The van der Waals surface area contributed by atoms with Crippen molar-refractivity contribution < 1.29 is 18.3 Å². The Labute approximate surface area is 187 Å². The van der Waals surface area contributed by atoms with E-state index >= 15 is 0 Å². The van der Waals surface area contributed by atoms with Gasteiger partial charge in [-0.05, 0) is 63.3 Å². The number of nitrogens with zero attached hydrogens (tertiary/aromatic N) is 3. The van der Waals surface area contributed by atoms with E-state index in [2.05, 4.69) is 15.3 Å². The van der Waals surface area contributed by atoms with Gasteiger partial charge in [-0.2, -0.15) is 5.10 Å². The monoisotopic (exact) mass is 446 g/mol. The highest BCUT2D eigenvalue weighted by molar-refractivity contribution is 5.68. The zero-order chi connectivity index (χ0) is 22.9. The number of likely N-dealkylation sites (tertiary alicyclic amines) is 1. The molecule has 4 rings (SSSR count). The SMILES string of the molecule is CC(C)(C)OC(=O)N[C@@H]1C[C@@H](F)CN(C2CC(c3ccc(F)cc3)CC2n2cccn2)C1. The van der Waals surface area contributed by atoms with Crippen LogP contribution >= 0.6 is 0 Å². The van der Waals surface area contributed by atoms with Gasteiger partial charge in [0, 0.05) is 44.0 Å². The minimum Gasteiger partial charge on any atom is -0.444 e. The lowest BCUT2D eigenvalue weighted by Crippen LogP contribution is -2.55. The highest BCUT2D eigenvalue weighted by Crippen LogP contribution is 2.44. The molecule has 0 radical (unpaired) electrons. The Morgan fingerprint density at radius 2 is 1.84 bits per heavy atom. The molecule has 2 heterocycles. The molecule has 1 aliphatic carbocycles. The second-order valence-electron chi connectivity index (χ2n) is 9.97. The van der Waals surface area contributed by atoms with Gasteiger partial charge in [0.2, 0.25) is 0 Å². The van der Waals surface area contributed by atoms with Crippen LogP contribution in [0.1, 0.15) is 57.6 Å². The summed E-state index contributed by atoms with van der Waals surface area (Å²) in [6, 6.07) is 8.36. The van der Waals surface area contributed by atoms with Crippen molar-refractivity contribution in [1.29, 1.82) is 0 Å². The molecular weight excluding hydrogens is 414 g/mol. The molecule has 174 valence electrons. The van der Waals surface area contributed by atoms with Crippen LogP contribution in [0.4, 0.5) is 13.6 Å². The van der Waals surface area contributed by atoms with Crippen LogP contribution in [0, 0.1) is 5.82 Å². The van der Waals surface area contributed by atoms with Crippen LogP contribution < -0.4 is 5.32 Å². The fraction of sp³-hybridized carbons (Fsp3) is 0.583. The average molecular weight is 447 g/mol. The van der Waals surface area contributed by atoms with Crippen molar-refractivity contribution in [2.75, 3.05) is 13.1 Å². The zero-order valence-corrected chi connectivity index (χ0v) is 18.9. The van der Waals surface area contributed by atoms with Crippen molar-refractivity contribution in [2.24, 2.45) is 0 Å². The first kappa shape index (κ1) is 22.7. The molecule has 0 bridgehead atoms. The third kappa shape index (κ3) is 5.46. The number of hydrogen-bond donors (Lipinski definition) is 1. The molecule has 8 heteroatoms. The van der Waals surface area contributed by atoms with E-state index in [1.165, 1.54) is 12.1 Å². The van der Waals surface area contributed by atoms with E-state index in [0.717, 1.165) is 18.4 Å². The second-order valence-corrected chi connectivity index (χ2v) is 9.97. The first-order valence-corrected chi connectivity index (χ1v) is 11.3. The van der Waals surface area contributed by atoms with Crippen LogP contribution in [0.2, 0.25) is 0 Å². The molecule has 1 aromatic heterocycles. The van der Waals surface area contributed by atoms with Crippen molar-refractivity contribution in [3.63, 3.8) is 0 Å². The van der Waals surface area contributed by atoms with Gasteiger partial charge in [0.05, 0.1) is 6.04 Å². The normalized spacial score (nSPS) is 29.1. The van der Waals surface area contributed by atoms with E-state index in [-0.39, 0.29) is 36.3 Å². The molecule has 5 atom stereocenters. The van der Waals surface area contributed by atoms with Crippen molar-refractivity contribution in [3.05, 3.63) is 54.1 Å². The predicted molar refractivity (Wildman–Crippen MR) is 118 cm³/mol. The molecule has 2 aromatic rings. The maximum atomic E-state index is 14.8. The molecule has 1 amide bonds. The lowest BCUT2D eigenvalue weighted by molar-refractivity contribution is 0.0341. The highest BCUT2D eigenvalue weighted by Gasteiger charge is 2.43. The number of ether oxygens (including phenoxy) is 1. The van der Waals surface area contributed by atoms with Gasteiger partial charge < -0.3 is 10.1 Å². The first-order valence-electron chi connectivity index (χ1n) is 11.3. The van der Waals surface area contributed by atoms with Crippen LogP contribution in [0.5, 0.6) is 0 Å². The molecular formula is C24H32F2N4O2. The number of aromatic nitrogens is 2. The summed E-state index contributed by atoms with van der Waals surface area (Å²) in [6.07, 6.45) is 4.08. The van der Waals surface area contributed by atoms with Crippen LogP contribution in [0.25, 0.3) is 0 Å². The number of alkyl carbamates (subject to hydrolysis) is 1. The number of carbonyl (C=O) groups is 1. The summed E-state index contributed by atoms with van der Waals surface area (Å²) in [5.74, 6) is -0.0219. The quantitative estimate of drug-likeness (QED) is 0.754. The van der Waals surface area contributed by atoms with Gasteiger partial charge in [0.25, 0.3) is 0 Å². The molecule has 6 nitrogen and oxygen atoms in total. The van der Waals surface area contributed by atoms with Gasteiger partial charge in [-0.3, -0.25) is 9.58 Å². The van der Waals surface area contributed by atoms with Crippen LogP contribution in [-0.4, -0.2) is 57.7 Å². The molecule has 0 spiro atoms. The summed E-state index contributed by atoms with van der Waals surface area (Å²) in [5.41, 5.74) is 0.482. The minimum atomic E-state index is -1.04. The zero-order valence-electron chi connectivity index (χ0n) is 18.9. The molecule has 2 fully saturated rings. The maximum absolute atomic E-state index is 14.8. The topological polar surface area (TPSA) is 59.4 Å². The summed E-state index contributed by atoms with van der Waals surface area (Å²) in [4.78, 5) is 14.4. The van der Waals surface area contributed by atoms with Gasteiger partial charge in [-0.15, -0.1) is 0 Å². The van der Waals surface area contributed by atoms with Crippen LogP contribution in [0.15, 0.2) is 42.7 Å². The average Bonchev–Trinajstić information content (AvgIpc) is 3.36. The Balaban J connectivity index is 1.51. The molecule has 1 saturated carbocycles. The third-order valence-electron chi connectivity index (χ3n) is 6.32. The first-order chi connectivity index (χ1) is 15.2. The number of benzene rings is 1. The van der Waals surface area contributed by atoms with Gasteiger partial charge in [0.15, 0.2) is 0 Å².